The van der Waals surface area contributed by atoms with E-state index < -0.39 is 11.7 Å². The van der Waals surface area contributed by atoms with Crippen molar-refractivity contribution in [1.29, 1.82) is 0 Å². The van der Waals surface area contributed by atoms with E-state index in [1.807, 2.05) is 18.9 Å². The number of hydrogen-bond donors (Lipinski definition) is 0. The third kappa shape index (κ3) is 2.72. The number of likely N-dealkylation sites (N-methyl/N-ethyl adjacent to an activating group) is 1. The summed E-state index contributed by atoms with van der Waals surface area (Å²) in [4.78, 5) is 4.00. The van der Waals surface area contributed by atoms with Crippen LogP contribution in [0.5, 0.6) is 0 Å². The fourth-order valence-electron chi connectivity index (χ4n) is 1.92. The molecule has 0 saturated carbocycles. The van der Waals surface area contributed by atoms with Gasteiger partial charge in [-0.3, -0.25) is 0 Å². The minimum Gasteiger partial charge on any atom is -0.352 e. The highest BCUT2D eigenvalue weighted by Gasteiger charge is 2.32. The summed E-state index contributed by atoms with van der Waals surface area (Å²) in [7, 11) is 2.00. The number of alkyl halides is 3. The minimum absolute atomic E-state index is 0.287. The van der Waals surface area contributed by atoms with Crippen LogP contribution in [-0.2, 0) is 6.18 Å². The second-order valence-corrected chi connectivity index (χ2v) is 4.58. The SMILES string of the molecule is CC1CN(c2cc(C(F)(F)F)cnn2)CCN1C. The van der Waals surface area contributed by atoms with E-state index in [9.17, 15) is 13.2 Å². The van der Waals surface area contributed by atoms with E-state index in [0.717, 1.165) is 18.8 Å². The maximum atomic E-state index is 12.6. The maximum absolute atomic E-state index is 12.6. The first-order chi connectivity index (χ1) is 8.38. The minimum atomic E-state index is -4.37. The lowest BCUT2D eigenvalue weighted by Gasteiger charge is -2.38. The number of anilines is 1. The van der Waals surface area contributed by atoms with Gasteiger partial charge in [-0.15, -0.1) is 5.10 Å². The lowest BCUT2D eigenvalue weighted by atomic mass is 10.2. The van der Waals surface area contributed by atoms with Gasteiger partial charge < -0.3 is 9.80 Å². The van der Waals surface area contributed by atoms with Crippen molar-refractivity contribution >= 4 is 5.82 Å². The fourth-order valence-corrected chi connectivity index (χ4v) is 1.92. The zero-order chi connectivity index (χ0) is 13.3. The van der Waals surface area contributed by atoms with E-state index in [1.165, 1.54) is 0 Å². The van der Waals surface area contributed by atoms with Crippen LogP contribution in [0.1, 0.15) is 12.5 Å². The number of piperazine rings is 1. The van der Waals surface area contributed by atoms with Crippen LogP contribution in [0.15, 0.2) is 12.3 Å². The Bertz CT molecular complexity index is 421. The Hall–Kier alpha value is -1.37. The lowest BCUT2D eigenvalue weighted by molar-refractivity contribution is -0.137. The third-order valence-corrected chi connectivity index (χ3v) is 3.25. The second-order valence-electron chi connectivity index (χ2n) is 4.58. The summed E-state index contributed by atoms with van der Waals surface area (Å²) in [5.41, 5.74) is -0.751. The van der Waals surface area contributed by atoms with Crippen molar-refractivity contribution in [3.05, 3.63) is 17.8 Å². The quantitative estimate of drug-likeness (QED) is 0.768. The van der Waals surface area contributed by atoms with Crippen LogP contribution in [0.3, 0.4) is 0 Å². The summed E-state index contributed by atoms with van der Waals surface area (Å²) in [5, 5.41) is 7.24. The maximum Gasteiger partial charge on any atom is 0.418 e. The molecule has 1 unspecified atom stereocenters. The van der Waals surface area contributed by atoms with E-state index in [2.05, 4.69) is 15.1 Å². The van der Waals surface area contributed by atoms with Crippen molar-refractivity contribution < 1.29 is 13.2 Å². The molecule has 1 aromatic heterocycles. The normalized spacial score (nSPS) is 22.3. The fraction of sp³-hybridized carbons (Fsp3) is 0.636. The molecule has 1 aromatic rings. The number of halogens is 3. The third-order valence-electron chi connectivity index (χ3n) is 3.25. The summed E-state index contributed by atoms with van der Waals surface area (Å²) < 4.78 is 37.7. The van der Waals surface area contributed by atoms with Gasteiger partial charge in [-0.05, 0) is 20.0 Å². The van der Waals surface area contributed by atoms with Gasteiger partial charge >= 0.3 is 6.18 Å². The van der Waals surface area contributed by atoms with Gasteiger partial charge in [0.25, 0.3) is 0 Å². The molecule has 0 aromatic carbocycles. The van der Waals surface area contributed by atoms with E-state index in [0.29, 0.717) is 18.9 Å². The van der Waals surface area contributed by atoms with Crippen LogP contribution in [0.25, 0.3) is 0 Å². The Morgan fingerprint density at radius 1 is 1.33 bits per heavy atom. The molecule has 1 aliphatic rings. The van der Waals surface area contributed by atoms with Crippen molar-refractivity contribution in [2.75, 3.05) is 31.6 Å². The Morgan fingerprint density at radius 2 is 2.06 bits per heavy atom. The molecule has 0 bridgehead atoms. The van der Waals surface area contributed by atoms with Crippen LogP contribution < -0.4 is 4.90 Å². The number of hydrogen-bond acceptors (Lipinski definition) is 4. The average molecular weight is 260 g/mol. The first-order valence-electron chi connectivity index (χ1n) is 5.73. The number of rotatable bonds is 1. The summed E-state index contributed by atoms with van der Waals surface area (Å²) in [6, 6.07) is 1.35. The van der Waals surface area contributed by atoms with Gasteiger partial charge in [0.1, 0.15) is 0 Å². The molecular formula is C11H15F3N4. The van der Waals surface area contributed by atoms with Crippen molar-refractivity contribution in [3.63, 3.8) is 0 Å². The predicted octanol–water partition coefficient (Wildman–Crippen LogP) is 1.64. The molecule has 1 fully saturated rings. The molecule has 0 aliphatic carbocycles. The van der Waals surface area contributed by atoms with E-state index in [1.54, 1.807) is 0 Å². The molecule has 2 heterocycles. The average Bonchev–Trinajstić information content (AvgIpc) is 2.32. The van der Waals surface area contributed by atoms with Crippen LogP contribution in [0, 0.1) is 0 Å². The van der Waals surface area contributed by atoms with Crippen LogP contribution in [-0.4, -0.2) is 47.8 Å². The van der Waals surface area contributed by atoms with Gasteiger partial charge in [0.2, 0.25) is 0 Å². The highest BCUT2D eigenvalue weighted by atomic mass is 19.4. The molecule has 1 saturated heterocycles. The van der Waals surface area contributed by atoms with Crippen molar-refractivity contribution in [2.45, 2.75) is 19.1 Å². The predicted molar refractivity (Wildman–Crippen MR) is 61.3 cm³/mol. The van der Waals surface area contributed by atoms with Crippen LogP contribution in [0.2, 0.25) is 0 Å². The molecule has 0 radical (unpaired) electrons. The Balaban J connectivity index is 2.19. The zero-order valence-electron chi connectivity index (χ0n) is 10.3. The van der Waals surface area contributed by atoms with E-state index in [-0.39, 0.29) is 6.04 Å². The Morgan fingerprint density at radius 3 is 2.67 bits per heavy atom. The first-order valence-corrected chi connectivity index (χ1v) is 5.73. The summed E-state index contributed by atoms with van der Waals surface area (Å²) in [6.45, 7) is 4.16. The molecule has 0 amide bonds. The zero-order valence-corrected chi connectivity index (χ0v) is 10.3. The van der Waals surface area contributed by atoms with Gasteiger partial charge in [-0.1, -0.05) is 0 Å². The van der Waals surface area contributed by atoms with E-state index >= 15 is 0 Å². The summed E-state index contributed by atoms with van der Waals surface area (Å²) in [5.74, 6) is 0.296. The van der Waals surface area contributed by atoms with E-state index in [4.69, 9.17) is 0 Å². The topological polar surface area (TPSA) is 32.3 Å². The van der Waals surface area contributed by atoms with Crippen molar-refractivity contribution in [3.8, 4) is 0 Å². The molecule has 100 valence electrons. The van der Waals surface area contributed by atoms with Gasteiger partial charge in [0, 0.05) is 25.7 Å². The highest BCUT2D eigenvalue weighted by molar-refractivity contribution is 5.41. The standard InChI is InChI=1S/C11H15F3N4/c1-8-7-18(4-3-17(8)2)10-5-9(6-15-16-10)11(12,13)14/h5-6,8H,3-4,7H2,1-2H3. The van der Waals surface area contributed by atoms with Gasteiger partial charge in [0.15, 0.2) is 5.82 Å². The summed E-state index contributed by atoms with van der Waals surface area (Å²) in [6.07, 6.45) is -3.62. The molecule has 0 N–H and O–H groups in total. The summed E-state index contributed by atoms with van der Waals surface area (Å²) >= 11 is 0. The van der Waals surface area contributed by atoms with Gasteiger partial charge in [-0.25, -0.2) is 0 Å². The van der Waals surface area contributed by atoms with Crippen LogP contribution >= 0.6 is 0 Å². The smallest absolute Gasteiger partial charge is 0.352 e. The van der Waals surface area contributed by atoms with Gasteiger partial charge in [-0.2, -0.15) is 18.3 Å². The number of nitrogens with zero attached hydrogens (tertiary/aromatic N) is 4. The Labute approximate surface area is 103 Å². The first kappa shape index (κ1) is 13.1. The lowest BCUT2D eigenvalue weighted by Crippen LogP contribution is -2.50. The largest absolute Gasteiger partial charge is 0.418 e. The molecule has 1 atom stereocenters. The number of aromatic nitrogens is 2. The molecule has 2 rings (SSSR count). The molecule has 7 heteroatoms. The molecular weight excluding hydrogens is 245 g/mol. The Kier molecular flexibility index (Phi) is 3.43. The molecule has 1 aliphatic heterocycles. The van der Waals surface area contributed by atoms with Crippen LogP contribution in [0.4, 0.5) is 19.0 Å². The molecule has 4 nitrogen and oxygen atoms in total. The van der Waals surface area contributed by atoms with Gasteiger partial charge in [0.05, 0.1) is 11.8 Å². The van der Waals surface area contributed by atoms with Crippen molar-refractivity contribution in [1.82, 2.24) is 15.1 Å². The molecule has 0 spiro atoms. The van der Waals surface area contributed by atoms with Crippen molar-refractivity contribution in [2.24, 2.45) is 0 Å². The highest BCUT2D eigenvalue weighted by Crippen LogP contribution is 2.30. The second kappa shape index (κ2) is 4.72. The monoisotopic (exact) mass is 260 g/mol. The molecule has 18 heavy (non-hydrogen) atoms.